The molecule has 1 aromatic heterocycles. The molecule has 0 bridgehead atoms. The van der Waals surface area contributed by atoms with Crippen LogP contribution in [0.4, 0.5) is 5.13 Å². The molecule has 1 rings (SSSR count). The summed E-state index contributed by atoms with van der Waals surface area (Å²) in [6.45, 7) is 9.92. The van der Waals surface area contributed by atoms with Crippen molar-refractivity contribution in [3.63, 3.8) is 0 Å². The highest BCUT2D eigenvalue weighted by atomic mass is 32.1. The quantitative estimate of drug-likeness (QED) is 0.820. The molecular weight excluding hydrogens is 248 g/mol. The van der Waals surface area contributed by atoms with Gasteiger partial charge in [0.1, 0.15) is 5.82 Å². The normalized spacial score (nSPS) is 12.1. The fraction of sp³-hybridized carbons (Fsp3) is 0.833. The average molecular weight is 272 g/mol. The number of aromatic nitrogens is 2. The van der Waals surface area contributed by atoms with Gasteiger partial charge in [0.15, 0.2) is 0 Å². The molecule has 1 aromatic rings. The van der Waals surface area contributed by atoms with Crippen LogP contribution in [0.1, 0.15) is 26.6 Å². The molecule has 0 atom stereocenters. The molecule has 1 N–H and O–H groups in total. The zero-order chi connectivity index (χ0) is 13.6. The van der Waals surface area contributed by atoms with Crippen molar-refractivity contribution in [2.75, 3.05) is 45.7 Å². The van der Waals surface area contributed by atoms with Crippen molar-refractivity contribution >= 4 is 16.7 Å². The minimum absolute atomic E-state index is 0.0195. The van der Waals surface area contributed by atoms with E-state index in [1.807, 2.05) is 0 Å². The molecule has 0 unspecified atom stereocenters. The van der Waals surface area contributed by atoms with Crippen molar-refractivity contribution in [2.45, 2.75) is 26.2 Å². The first-order valence-electron chi connectivity index (χ1n) is 6.19. The van der Waals surface area contributed by atoms with Gasteiger partial charge in [0.25, 0.3) is 0 Å². The van der Waals surface area contributed by atoms with Gasteiger partial charge in [-0.05, 0) is 7.05 Å². The maximum atomic E-state index is 5.04. The molecule has 6 heteroatoms. The lowest BCUT2D eigenvalue weighted by atomic mass is 9.96. The van der Waals surface area contributed by atoms with Gasteiger partial charge in [-0.1, -0.05) is 20.8 Å². The SMILES string of the molecule is COCCN(C)CCNc1nc(C(C)(C)C)ns1. The second kappa shape index (κ2) is 7.01. The summed E-state index contributed by atoms with van der Waals surface area (Å²) in [5.74, 6) is 0.905. The third kappa shape index (κ3) is 5.29. The van der Waals surface area contributed by atoms with Gasteiger partial charge >= 0.3 is 0 Å². The Morgan fingerprint density at radius 3 is 2.61 bits per heavy atom. The molecule has 0 saturated carbocycles. The van der Waals surface area contributed by atoms with Gasteiger partial charge in [0.05, 0.1) is 6.61 Å². The van der Waals surface area contributed by atoms with E-state index in [9.17, 15) is 0 Å². The molecule has 18 heavy (non-hydrogen) atoms. The maximum absolute atomic E-state index is 5.04. The van der Waals surface area contributed by atoms with Crippen molar-refractivity contribution in [2.24, 2.45) is 0 Å². The fourth-order valence-corrected chi connectivity index (χ4v) is 2.09. The number of hydrogen-bond acceptors (Lipinski definition) is 6. The Bertz CT molecular complexity index is 348. The van der Waals surface area contributed by atoms with Crippen LogP contribution in [0.15, 0.2) is 0 Å². The van der Waals surface area contributed by atoms with E-state index in [-0.39, 0.29) is 5.41 Å². The van der Waals surface area contributed by atoms with Crippen LogP contribution in [0.5, 0.6) is 0 Å². The third-order valence-corrected chi connectivity index (χ3v) is 3.22. The van der Waals surface area contributed by atoms with Crippen molar-refractivity contribution in [3.05, 3.63) is 5.82 Å². The van der Waals surface area contributed by atoms with E-state index >= 15 is 0 Å². The lowest BCUT2D eigenvalue weighted by Gasteiger charge is -2.15. The summed E-state index contributed by atoms with van der Waals surface area (Å²) in [4.78, 5) is 6.72. The Morgan fingerprint density at radius 1 is 1.33 bits per heavy atom. The standard InChI is InChI=1S/C12H24N4OS/c1-12(2,3)10-14-11(18-15-10)13-6-7-16(4)8-9-17-5/h6-9H2,1-5H3,(H,13,14,15). The van der Waals surface area contributed by atoms with Gasteiger partial charge in [0, 0.05) is 43.7 Å². The highest BCUT2D eigenvalue weighted by Gasteiger charge is 2.19. The van der Waals surface area contributed by atoms with Crippen LogP contribution in [0.3, 0.4) is 0 Å². The average Bonchev–Trinajstić information content (AvgIpc) is 2.74. The minimum atomic E-state index is 0.0195. The van der Waals surface area contributed by atoms with E-state index in [4.69, 9.17) is 4.74 Å². The fourth-order valence-electron chi connectivity index (χ4n) is 1.31. The van der Waals surface area contributed by atoms with E-state index in [0.717, 1.165) is 37.2 Å². The van der Waals surface area contributed by atoms with Crippen LogP contribution >= 0.6 is 11.5 Å². The second-order valence-electron chi connectivity index (χ2n) is 5.40. The molecule has 0 aliphatic carbocycles. The Kier molecular flexibility index (Phi) is 5.98. The number of ether oxygens (including phenoxy) is 1. The highest BCUT2D eigenvalue weighted by molar-refractivity contribution is 7.09. The van der Waals surface area contributed by atoms with Crippen molar-refractivity contribution in [1.82, 2.24) is 14.3 Å². The maximum Gasteiger partial charge on any atom is 0.202 e. The number of nitrogens with zero attached hydrogens (tertiary/aromatic N) is 3. The number of hydrogen-bond donors (Lipinski definition) is 1. The highest BCUT2D eigenvalue weighted by Crippen LogP contribution is 2.22. The summed E-state index contributed by atoms with van der Waals surface area (Å²) in [7, 11) is 3.81. The third-order valence-electron chi connectivity index (χ3n) is 2.54. The monoisotopic (exact) mass is 272 g/mol. The molecule has 5 nitrogen and oxygen atoms in total. The molecule has 0 radical (unpaired) electrons. The van der Waals surface area contributed by atoms with Crippen LogP contribution in [0.2, 0.25) is 0 Å². The van der Waals surface area contributed by atoms with Crippen LogP contribution < -0.4 is 5.32 Å². The molecule has 0 aliphatic heterocycles. The lowest BCUT2D eigenvalue weighted by Crippen LogP contribution is -2.28. The molecule has 0 amide bonds. The zero-order valence-corrected chi connectivity index (χ0v) is 12.8. The van der Waals surface area contributed by atoms with Gasteiger partial charge in [0.2, 0.25) is 5.13 Å². The Hall–Kier alpha value is -0.720. The lowest BCUT2D eigenvalue weighted by molar-refractivity contribution is 0.163. The Balaban J connectivity index is 2.29. The molecule has 0 aromatic carbocycles. The van der Waals surface area contributed by atoms with Crippen LogP contribution in [-0.2, 0) is 10.2 Å². The first-order chi connectivity index (χ1) is 8.43. The van der Waals surface area contributed by atoms with Gasteiger partial charge in [-0.15, -0.1) is 0 Å². The van der Waals surface area contributed by atoms with Crippen LogP contribution in [0.25, 0.3) is 0 Å². The summed E-state index contributed by atoms with van der Waals surface area (Å²) < 4.78 is 9.40. The first-order valence-corrected chi connectivity index (χ1v) is 6.96. The minimum Gasteiger partial charge on any atom is -0.383 e. The van der Waals surface area contributed by atoms with Crippen LogP contribution in [0, 0.1) is 0 Å². The van der Waals surface area contributed by atoms with E-state index in [0.29, 0.717) is 0 Å². The number of rotatable bonds is 7. The van der Waals surface area contributed by atoms with Gasteiger partial charge in [-0.3, -0.25) is 0 Å². The van der Waals surface area contributed by atoms with Gasteiger partial charge in [-0.2, -0.15) is 4.37 Å². The van der Waals surface area contributed by atoms with Crippen molar-refractivity contribution < 1.29 is 4.74 Å². The van der Waals surface area contributed by atoms with Crippen molar-refractivity contribution in [3.8, 4) is 0 Å². The number of nitrogens with one attached hydrogen (secondary N) is 1. The number of methoxy groups -OCH3 is 1. The molecule has 0 fully saturated rings. The smallest absolute Gasteiger partial charge is 0.202 e. The first kappa shape index (κ1) is 15.3. The molecule has 1 heterocycles. The summed E-state index contributed by atoms with van der Waals surface area (Å²) in [6.07, 6.45) is 0. The number of anilines is 1. The molecule has 0 aliphatic rings. The summed E-state index contributed by atoms with van der Waals surface area (Å²) in [5, 5.41) is 4.21. The summed E-state index contributed by atoms with van der Waals surface area (Å²) >= 11 is 1.43. The van der Waals surface area contributed by atoms with Crippen LogP contribution in [-0.4, -0.2) is 54.7 Å². The predicted molar refractivity (Wildman–Crippen MR) is 76.5 cm³/mol. The largest absolute Gasteiger partial charge is 0.383 e. The summed E-state index contributed by atoms with van der Waals surface area (Å²) in [5.41, 5.74) is 0.0195. The zero-order valence-electron chi connectivity index (χ0n) is 12.0. The molecular formula is C12H24N4OS. The van der Waals surface area contributed by atoms with E-state index in [1.54, 1.807) is 7.11 Å². The predicted octanol–water partition coefficient (Wildman–Crippen LogP) is 1.83. The topological polar surface area (TPSA) is 50.3 Å². The Labute approximate surface area is 114 Å². The van der Waals surface area contributed by atoms with Gasteiger partial charge in [-0.25, -0.2) is 4.98 Å². The Morgan fingerprint density at radius 2 is 2.06 bits per heavy atom. The van der Waals surface area contributed by atoms with E-state index < -0.39 is 0 Å². The molecule has 0 saturated heterocycles. The second-order valence-corrected chi connectivity index (χ2v) is 6.15. The van der Waals surface area contributed by atoms with E-state index in [2.05, 4.69) is 47.4 Å². The molecule has 104 valence electrons. The summed E-state index contributed by atoms with van der Waals surface area (Å²) in [6, 6.07) is 0. The number of likely N-dealkylation sites (N-methyl/N-ethyl adjacent to an activating group) is 1. The molecule has 0 spiro atoms. The van der Waals surface area contributed by atoms with E-state index in [1.165, 1.54) is 11.5 Å². The van der Waals surface area contributed by atoms with Crippen molar-refractivity contribution in [1.29, 1.82) is 0 Å². The van der Waals surface area contributed by atoms with Gasteiger partial charge < -0.3 is 15.0 Å².